The van der Waals surface area contributed by atoms with Gasteiger partial charge in [-0.2, -0.15) is 11.8 Å². The highest BCUT2D eigenvalue weighted by molar-refractivity contribution is 7.99. The minimum Gasteiger partial charge on any atom is -0.310 e. The van der Waals surface area contributed by atoms with E-state index in [2.05, 4.69) is 24.0 Å². The molecule has 0 aromatic rings. The molecule has 2 rings (SSSR count). The summed E-state index contributed by atoms with van der Waals surface area (Å²) in [7, 11) is 0. The smallest absolute Gasteiger partial charge is 0.0168 e. The maximum atomic E-state index is 3.80. The van der Waals surface area contributed by atoms with E-state index in [1.807, 2.05) is 0 Å². The molecule has 1 aliphatic heterocycles. The minimum atomic E-state index is 0.770. The lowest BCUT2D eigenvalue weighted by Gasteiger charge is -2.24. The quantitative estimate of drug-likeness (QED) is 0.750. The van der Waals surface area contributed by atoms with Gasteiger partial charge in [-0.3, -0.25) is 0 Å². The Morgan fingerprint density at radius 2 is 2.00 bits per heavy atom. The second kappa shape index (κ2) is 4.70. The van der Waals surface area contributed by atoms with Crippen LogP contribution in [0.4, 0.5) is 0 Å². The van der Waals surface area contributed by atoms with E-state index in [9.17, 15) is 0 Å². The van der Waals surface area contributed by atoms with Crippen molar-refractivity contribution in [3.05, 3.63) is 0 Å². The molecule has 1 heterocycles. The van der Waals surface area contributed by atoms with Crippen molar-refractivity contribution in [2.45, 2.75) is 51.1 Å². The first kappa shape index (κ1) is 9.85. The van der Waals surface area contributed by atoms with Gasteiger partial charge >= 0.3 is 0 Å². The Labute approximate surface area is 86.0 Å². The van der Waals surface area contributed by atoms with Gasteiger partial charge in [0.25, 0.3) is 0 Å². The fourth-order valence-electron chi connectivity index (χ4n) is 2.63. The summed E-state index contributed by atoms with van der Waals surface area (Å²) >= 11 is 2.10. The van der Waals surface area contributed by atoms with Crippen LogP contribution >= 0.6 is 11.8 Å². The first-order valence-electron chi connectivity index (χ1n) is 5.70. The Morgan fingerprint density at radius 1 is 1.23 bits per heavy atom. The van der Waals surface area contributed by atoms with E-state index < -0.39 is 0 Å². The molecule has 1 aliphatic carbocycles. The first-order valence-corrected chi connectivity index (χ1v) is 6.85. The molecule has 0 bridgehead atoms. The van der Waals surface area contributed by atoms with Crippen molar-refractivity contribution < 1.29 is 0 Å². The molecule has 1 saturated heterocycles. The molecule has 0 radical (unpaired) electrons. The van der Waals surface area contributed by atoms with Crippen LogP contribution in [-0.2, 0) is 0 Å². The molecular formula is C11H21NS. The van der Waals surface area contributed by atoms with E-state index in [0.29, 0.717) is 0 Å². The first-order chi connectivity index (χ1) is 6.36. The maximum absolute atomic E-state index is 3.80. The average molecular weight is 199 g/mol. The minimum absolute atomic E-state index is 0.770. The normalized spacial score (nSPS) is 32.5. The lowest BCUT2D eigenvalue weighted by molar-refractivity contribution is 0.352. The van der Waals surface area contributed by atoms with E-state index in [1.54, 1.807) is 0 Å². The Balaban J connectivity index is 1.73. The summed E-state index contributed by atoms with van der Waals surface area (Å²) in [5.74, 6) is 3.69. The van der Waals surface area contributed by atoms with E-state index in [-0.39, 0.29) is 0 Å². The molecule has 2 atom stereocenters. The molecule has 0 spiro atoms. The number of hydrogen-bond donors (Lipinski definition) is 1. The number of nitrogens with one attached hydrogen (secondary N) is 1. The van der Waals surface area contributed by atoms with Crippen molar-refractivity contribution in [3.63, 3.8) is 0 Å². The van der Waals surface area contributed by atoms with Crippen LogP contribution in [0.5, 0.6) is 0 Å². The summed E-state index contributed by atoms with van der Waals surface area (Å²) in [6.07, 6.45) is 7.26. The zero-order valence-corrected chi connectivity index (χ0v) is 9.41. The van der Waals surface area contributed by atoms with Crippen LogP contribution in [0.1, 0.15) is 39.0 Å². The maximum Gasteiger partial charge on any atom is 0.0168 e. The second-order valence-electron chi connectivity index (χ2n) is 4.56. The van der Waals surface area contributed by atoms with Gasteiger partial charge in [0, 0.05) is 17.8 Å². The Morgan fingerprint density at radius 3 is 2.62 bits per heavy atom. The summed E-state index contributed by atoms with van der Waals surface area (Å²) in [6.45, 7) is 2.39. The molecule has 0 amide bonds. The van der Waals surface area contributed by atoms with Gasteiger partial charge in [-0.05, 0) is 37.9 Å². The van der Waals surface area contributed by atoms with Crippen LogP contribution in [0.25, 0.3) is 0 Å². The molecular weight excluding hydrogens is 178 g/mol. The number of thioether (sulfide) groups is 1. The standard InChI is InChI=1S/C11H21NS/c1-9(10-4-2-3-5-10)12-11-6-7-13-8-11/h9-12H,2-8H2,1H3/t9-,11?/m0/s1. The van der Waals surface area contributed by atoms with Crippen molar-refractivity contribution in [2.24, 2.45) is 5.92 Å². The highest BCUT2D eigenvalue weighted by Gasteiger charge is 2.24. The number of rotatable bonds is 3. The molecule has 2 fully saturated rings. The summed E-state index contributed by atoms with van der Waals surface area (Å²) in [6, 6.07) is 1.59. The highest BCUT2D eigenvalue weighted by atomic mass is 32.2. The van der Waals surface area contributed by atoms with Gasteiger partial charge in [-0.25, -0.2) is 0 Å². The molecule has 13 heavy (non-hydrogen) atoms. The Kier molecular flexibility index (Phi) is 3.56. The Hall–Kier alpha value is 0.310. The summed E-state index contributed by atoms with van der Waals surface area (Å²) in [4.78, 5) is 0. The zero-order chi connectivity index (χ0) is 9.10. The van der Waals surface area contributed by atoms with Crippen molar-refractivity contribution in [1.82, 2.24) is 5.32 Å². The van der Waals surface area contributed by atoms with E-state index in [4.69, 9.17) is 0 Å². The van der Waals surface area contributed by atoms with E-state index in [1.165, 1.54) is 43.6 Å². The molecule has 0 aromatic carbocycles. The average Bonchev–Trinajstić information content (AvgIpc) is 2.74. The van der Waals surface area contributed by atoms with Gasteiger partial charge in [-0.1, -0.05) is 12.8 Å². The van der Waals surface area contributed by atoms with Crippen molar-refractivity contribution in [2.75, 3.05) is 11.5 Å². The van der Waals surface area contributed by atoms with Crippen LogP contribution in [0.15, 0.2) is 0 Å². The fraction of sp³-hybridized carbons (Fsp3) is 1.00. The summed E-state index contributed by atoms with van der Waals surface area (Å²) in [5, 5.41) is 3.80. The van der Waals surface area contributed by atoms with Crippen LogP contribution < -0.4 is 5.32 Å². The predicted molar refractivity (Wildman–Crippen MR) is 60.3 cm³/mol. The van der Waals surface area contributed by atoms with Gasteiger partial charge in [0.1, 0.15) is 0 Å². The van der Waals surface area contributed by atoms with Gasteiger partial charge < -0.3 is 5.32 Å². The fourth-order valence-corrected chi connectivity index (χ4v) is 3.80. The molecule has 2 heteroatoms. The van der Waals surface area contributed by atoms with Gasteiger partial charge in [0.15, 0.2) is 0 Å². The molecule has 2 aliphatic rings. The highest BCUT2D eigenvalue weighted by Crippen LogP contribution is 2.28. The largest absolute Gasteiger partial charge is 0.310 e. The number of hydrogen-bond acceptors (Lipinski definition) is 2. The monoisotopic (exact) mass is 199 g/mol. The molecule has 1 saturated carbocycles. The molecule has 1 unspecified atom stereocenters. The summed E-state index contributed by atoms with van der Waals surface area (Å²) < 4.78 is 0. The van der Waals surface area contributed by atoms with Gasteiger partial charge in [-0.15, -0.1) is 0 Å². The summed E-state index contributed by atoms with van der Waals surface area (Å²) in [5.41, 5.74) is 0. The van der Waals surface area contributed by atoms with Crippen LogP contribution in [0.3, 0.4) is 0 Å². The van der Waals surface area contributed by atoms with Crippen LogP contribution in [-0.4, -0.2) is 23.6 Å². The van der Waals surface area contributed by atoms with Crippen LogP contribution in [0, 0.1) is 5.92 Å². The lowest BCUT2D eigenvalue weighted by Crippen LogP contribution is -2.40. The second-order valence-corrected chi connectivity index (χ2v) is 5.71. The van der Waals surface area contributed by atoms with Gasteiger partial charge in [0.2, 0.25) is 0 Å². The lowest BCUT2D eigenvalue weighted by atomic mass is 9.99. The molecule has 76 valence electrons. The topological polar surface area (TPSA) is 12.0 Å². The predicted octanol–water partition coefficient (Wildman–Crippen LogP) is 2.66. The van der Waals surface area contributed by atoms with Crippen LogP contribution in [0.2, 0.25) is 0 Å². The van der Waals surface area contributed by atoms with Crippen molar-refractivity contribution in [1.29, 1.82) is 0 Å². The molecule has 1 nitrogen and oxygen atoms in total. The third-order valence-corrected chi connectivity index (χ3v) is 4.70. The van der Waals surface area contributed by atoms with E-state index >= 15 is 0 Å². The Bertz CT molecular complexity index is 148. The van der Waals surface area contributed by atoms with Crippen molar-refractivity contribution in [3.8, 4) is 0 Å². The van der Waals surface area contributed by atoms with Gasteiger partial charge in [0.05, 0.1) is 0 Å². The van der Waals surface area contributed by atoms with Crippen molar-refractivity contribution >= 4 is 11.8 Å². The zero-order valence-electron chi connectivity index (χ0n) is 8.59. The SMILES string of the molecule is C[C@H](NC1CCSC1)C1CCCC1. The van der Waals surface area contributed by atoms with E-state index in [0.717, 1.165) is 18.0 Å². The third-order valence-electron chi connectivity index (χ3n) is 3.54. The molecule has 1 N–H and O–H groups in total. The molecule has 0 aromatic heterocycles. The third kappa shape index (κ3) is 2.63.